The van der Waals surface area contributed by atoms with E-state index in [1.807, 2.05) is 35.9 Å². The van der Waals surface area contributed by atoms with E-state index < -0.39 is 0 Å². The number of furan rings is 1. The maximum Gasteiger partial charge on any atom is 0.143 e. The third kappa shape index (κ3) is 6.39. The molecular formula is C59H37NOS. The lowest BCUT2D eigenvalue weighted by Crippen LogP contribution is -1.88. The highest BCUT2D eigenvalue weighted by molar-refractivity contribution is 7.26. The van der Waals surface area contributed by atoms with E-state index in [1.165, 1.54) is 81.4 Å². The van der Waals surface area contributed by atoms with Crippen LogP contribution in [0.2, 0.25) is 0 Å². The molecule has 3 heterocycles. The second-order valence-electron chi connectivity index (χ2n) is 15.9. The van der Waals surface area contributed by atoms with Crippen molar-refractivity contribution in [2.45, 2.75) is 0 Å². The lowest BCUT2D eigenvalue weighted by Gasteiger charge is -2.13. The molecule has 0 bridgehead atoms. The van der Waals surface area contributed by atoms with Crippen LogP contribution in [0.3, 0.4) is 0 Å². The van der Waals surface area contributed by atoms with Gasteiger partial charge < -0.3 is 4.42 Å². The Kier molecular flexibility index (Phi) is 8.72. The number of rotatable bonds is 7. The average Bonchev–Trinajstić information content (AvgIpc) is 3.93. The first-order valence-corrected chi connectivity index (χ1v) is 21.8. The Labute approximate surface area is 363 Å². The lowest BCUT2D eigenvalue weighted by atomic mass is 9.91. The first kappa shape index (κ1) is 36.0. The van der Waals surface area contributed by atoms with Crippen LogP contribution in [0.1, 0.15) is 0 Å². The van der Waals surface area contributed by atoms with Gasteiger partial charge in [-0.1, -0.05) is 146 Å². The van der Waals surface area contributed by atoms with Crippen LogP contribution < -0.4 is 0 Å². The minimum Gasteiger partial charge on any atom is -0.455 e. The van der Waals surface area contributed by atoms with Crippen LogP contribution in [0.5, 0.6) is 0 Å². The molecule has 0 N–H and O–H groups in total. The summed E-state index contributed by atoms with van der Waals surface area (Å²) in [6.07, 6.45) is 3.75. The maximum atomic E-state index is 6.41. The summed E-state index contributed by atoms with van der Waals surface area (Å²) in [5, 5.41) is 4.89. The Morgan fingerprint density at radius 1 is 0.306 bits per heavy atom. The summed E-state index contributed by atoms with van der Waals surface area (Å²) in [5.74, 6) is 0. The van der Waals surface area contributed by atoms with Crippen molar-refractivity contribution in [1.82, 2.24) is 4.98 Å². The number of hydrogen-bond donors (Lipinski definition) is 0. The molecule has 12 rings (SSSR count). The summed E-state index contributed by atoms with van der Waals surface area (Å²) < 4.78 is 9.03. The van der Waals surface area contributed by atoms with Gasteiger partial charge >= 0.3 is 0 Å². The molecule has 0 aliphatic rings. The first-order valence-electron chi connectivity index (χ1n) is 21.0. The van der Waals surface area contributed by atoms with Crippen LogP contribution in [0.15, 0.2) is 229 Å². The van der Waals surface area contributed by atoms with E-state index in [-0.39, 0.29) is 0 Å². The number of nitrogens with zero attached hydrogens (tertiary/aromatic N) is 1. The smallest absolute Gasteiger partial charge is 0.143 e. The second kappa shape index (κ2) is 15.0. The Morgan fingerprint density at radius 3 is 1.42 bits per heavy atom. The molecule has 0 aliphatic heterocycles. The van der Waals surface area contributed by atoms with Gasteiger partial charge in [-0.05, 0) is 139 Å². The molecule has 0 saturated heterocycles. The normalized spacial score (nSPS) is 11.5. The van der Waals surface area contributed by atoms with E-state index in [0.717, 1.165) is 38.6 Å². The molecule has 3 aromatic heterocycles. The first-order chi connectivity index (χ1) is 30.7. The zero-order valence-corrected chi connectivity index (χ0v) is 34.4. The van der Waals surface area contributed by atoms with Crippen molar-refractivity contribution in [3.8, 4) is 77.9 Å². The van der Waals surface area contributed by atoms with Crippen molar-refractivity contribution >= 4 is 53.4 Å². The van der Waals surface area contributed by atoms with Crippen LogP contribution in [-0.2, 0) is 0 Å². The molecule has 0 radical (unpaired) electrons. The van der Waals surface area contributed by atoms with Crippen LogP contribution in [0, 0.1) is 0 Å². The van der Waals surface area contributed by atoms with Crippen molar-refractivity contribution in [2.75, 3.05) is 0 Å². The zero-order chi connectivity index (χ0) is 41.0. The van der Waals surface area contributed by atoms with Gasteiger partial charge in [-0.3, -0.25) is 4.98 Å². The van der Waals surface area contributed by atoms with Crippen LogP contribution in [-0.4, -0.2) is 4.98 Å². The van der Waals surface area contributed by atoms with Crippen LogP contribution in [0.25, 0.3) is 120 Å². The molecule has 9 aromatic carbocycles. The molecule has 0 atom stereocenters. The number of pyridine rings is 1. The Balaban J connectivity index is 0.898. The van der Waals surface area contributed by atoms with Gasteiger partial charge in [0.05, 0.1) is 0 Å². The fourth-order valence-electron chi connectivity index (χ4n) is 9.11. The van der Waals surface area contributed by atoms with Crippen molar-refractivity contribution in [3.05, 3.63) is 225 Å². The van der Waals surface area contributed by atoms with Gasteiger partial charge in [-0.25, -0.2) is 0 Å². The highest BCUT2D eigenvalue weighted by Crippen LogP contribution is 2.43. The second-order valence-corrected chi connectivity index (χ2v) is 17.0. The lowest BCUT2D eigenvalue weighted by molar-refractivity contribution is 0.670. The number of para-hydroxylation sites is 2. The Morgan fingerprint density at radius 2 is 0.758 bits per heavy atom. The summed E-state index contributed by atoms with van der Waals surface area (Å²) in [4.78, 5) is 4.32. The standard InChI is InChI=1S/C59H37NOS/c1-3-25-56-52(19-1)54-23-9-21-50(58(54)61-56)46-18-8-16-44(34-46)42-14-6-12-40(32-42)39-11-5-13-41(31-39)43-15-7-17-45(33-43)48-35-47(38-27-29-60-30-28-38)36-49(37-48)51-22-10-24-55-53-20-2-4-26-57(53)62-59(51)55/h1-37H. The van der Waals surface area contributed by atoms with E-state index in [9.17, 15) is 0 Å². The van der Waals surface area contributed by atoms with Crippen molar-refractivity contribution in [2.24, 2.45) is 0 Å². The Hall–Kier alpha value is -7.85. The summed E-state index contributed by atoms with van der Waals surface area (Å²) in [6.45, 7) is 0. The molecule has 2 nitrogen and oxygen atoms in total. The van der Waals surface area contributed by atoms with E-state index in [1.54, 1.807) is 0 Å². The van der Waals surface area contributed by atoms with Crippen molar-refractivity contribution in [1.29, 1.82) is 0 Å². The van der Waals surface area contributed by atoms with Gasteiger partial charge in [0.25, 0.3) is 0 Å². The molecule has 0 aliphatic carbocycles. The predicted octanol–water partition coefficient (Wildman–Crippen LogP) is 17.0. The third-order valence-electron chi connectivity index (χ3n) is 12.2. The molecule has 3 heteroatoms. The van der Waals surface area contributed by atoms with E-state index in [4.69, 9.17) is 4.42 Å². The minimum atomic E-state index is 0.911. The van der Waals surface area contributed by atoms with E-state index >= 15 is 0 Å². The van der Waals surface area contributed by atoms with Gasteiger partial charge in [0.1, 0.15) is 11.2 Å². The highest BCUT2D eigenvalue weighted by atomic mass is 32.1. The SMILES string of the molecule is c1cc(-c2cccc(-c3cccc(-c4cccc5c4oc4ccccc45)c3)c2)cc(-c2cccc(-c3cc(-c4ccncc4)cc(-c4cccc5c4sc4ccccc45)c3)c2)c1. The zero-order valence-electron chi connectivity index (χ0n) is 33.6. The summed E-state index contributed by atoms with van der Waals surface area (Å²) in [6, 6.07) is 76.9. The topological polar surface area (TPSA) is 26.0 Å². The molecule has 0 spiro atoms. The van der Waals surface area contributed by atoms with Gasteiger partial charge in [0.2, 0.25) is 0 Å². The molecule has 12 aromatic rings. The molecular weight excluding hydrogens is 771 g/mol. The number of aromatic nitrogens is 1. The Bertz CT molecular complexity index is 3650. The molecule has 0 fully saturated rings. The summed E-state index contributed by atoms with van der Waals surface area (Å²) in [5.41, 5.74) is 18.2. The predicted molar refractivity (Wildman–Crippen MR) is 262 cm³/mol. The number of fused-ring (bicyclic) bond motifs is 6. The molecule has 0 saturated carbocycles. The third-order valence-corrected chi connectivity index (χ3v) is 13.4. The molecule has 290 valence electrons. The maximum absolute atomic E-state index is 6.41. The summed E-state index contributed by atoms with van der Waals surface area (Å²) in [7, 11) is 0. The molecule has 0 amide bonds. The average molecular weight is 808 g/mol. The fourth-order valence-corrected chi connectivity index (χ4v) is 10.3. The van der Waals surface area contributed by atoms with Crippen molar-refractivity contribution in [3.63, 3.8) is 0 Å². The van der Waals surface area contributed by atoms with Crippen LogP contribution in [0.4, 0.5) is 0 Å². The van der Waals surface area contributed by atoms with Gasteiger partial charge in [-0.2, -0.15) is 0 Å². The van der Waals surface area contributed by atoms with Crippen molar-refractivity contribution < 1.29 is 4.42 Å². The number of benzene rings is 9. The van der Waals surface area contributed by atoms with Gasteiger partial charge in [-0.15, -0.1) is 11.3 Å². The summed E-state index contributed by atoms with van der Waals surface area (Å²) >= 11 is 1.87. The fraction of sp³-hybridized carbons (Fsp3) is 0. The molecule has 62 heavy (non-hydrogen) atoms. The van der Waals surface area contributed by atoms with Gasteiger partial charge in [0, 0.05) is 48.9 Å². The minimum absolute atomic E-state index is 0.911. The highest BCUT2D eigenvalue weighted by Gasteiger charge is 2.15. The van der Waals surface area contributed by atoms with Gasteiger partial charge in [0.15, 0.2) is 0 Å². The van der Waals surface area contributed by atoms with E-state index in [2.05, 4.69) is 205 Å². The number of thiophene rings is 1. The quantitative estimate of drug-likeness (QED) is 0.160. The largest absolute Gasteiger partial charge is 0.455 e. The number of hydrogen-bond acceptors (Lipinski definition) is 3. The van der Waals surface area contributed by atoms with E-state index in [0.29, 0.717) is 0 Å². The monoisotopic (exact) mass is 807 g/mol. The van der Waals surface area contributed by atoms with Crippen LogP contribution >= 0.6 is 11.3 Å². The molecule has 0 unspecified atom stereocenters.